The predicted molar refractivity (Wildman–Crippen MR) is 72.6 cm³/mol. The Labute approximate surface area is 115 Å². The molecule has 3 rings (SSSR count). The number of amides is 1. The van der Waals surface area contributed by atoms with E-state index >= 15 is 0 Å². The Bertz CT molecular complexity index is 551. The minimum absolute atomic E-state index is 0.105. The van der Waals surface area contributed by atoms with E-state index in [1.807, 2.05) is 0 Å². The van der Waals surface area contributed by atoms with Gasteiger partial charge in [-0.3, -0.25) is 14.2 Å². The number of nitrogens with zero attached hydrogens (tertiary/aromatic N) is 2. The Morgan fingerprint density at radius 1 is 1.58 bits per heavy atom. The Balaban J connectivity index is 1.78. The molecule has 2 N–H and O–H groups in total. The molecule has 19 heavy (non-hydrogen) atoms. The minimum Gasteiger partial charge on any atom is -0.348 e. The van der Waals surface area contributed by atoms with Crippen molar-refractivity contribution >= 4 is 17.7 Å². The summed E-state index contributed by atoms with van der Waals surface area (Å²) in [4.78, 5) is 28.5. The maximum absolute atomic E-state index is 12.2. The summed E-state index contributed by atoms with van der Waals surface area (Å²) in [6, 6.07) is 0.105. The van der Waals surface area contributed by atoms with Gasteiger partial charge in [-0.15, -0.1) is 0 Å². The number of hydrogen-bond acceptors (Lipinski definition) is 5. The van der Waals surface area contributed by atoms with Gasteiger partial charge in [0.15, 0.2) is 5.16 Å². The van der Waals surface area contributed by atoms with Gasteiger partial charge in [0.2, 0.25) is 0 Å². The molecule has 1 unspecified atom stereocenters. The zero-order valence-electron chi connectivity index (χ0n) is 10.5. The molecule has 1 atom stereocenters. The third-order valence-electron chi connectivity index (χ3n) is 3.43. The van der Waals surface area contributed by atoms with Crippen LogP contribution in [0.5, 0.6) is 0 Å². The highest BCUT2D eigenvalue weighted by atomic mass is 32.2. The highest BCUT2D eigenvalue weighted by Gasteiger charge is 2.22. The van der Waals surface area contributed by atoms with Crippen molar-refractivity contribution in [2.45, 2.75) is 30.6 Å². The number of fused-ring (bicyclic) bond motifs is 1. The number of nitrogens with one attached hydrogen (secondary N) is 2. The molecule has 0 spiro atoms. The van der Waals surface area contributed by atoms with Crippen LogP contribution >= 0.6 is 11.8 Å². The van der Waals surface area contributed by atoms with Gasteiger partial charge in [-0.25, -0.2) is 4.98 Å². The molecule has 2 aliphatic heterocycles. The van der Waals surface area contributed by atoms with Crippen molar-refractivity contribution in [3.05, 3.63) is 22.1 Å². The monoisotopic (exact) mass is 280 g/mol. The van der Waals surface area contributed by atoms with Crippen molar-refractivity contribution in [3.8, 4) is 0 Å². The lowest BCUT2D eigenvalue weighted by molar-refractivity contribution is 0.0927. The molecule has 0 bridgehead atoms. The second kappa shape index (κ2) is 5.34. The number of hydrogen-bond donors (Lipinski definition) is 2. The van der Waals surface area contributed by atoms with Crippen molar-refractivity contribution in [2.24, 2.45) is 0 Å². The van der Waals surface area contributed by atoms with Gasteiger partial charge in [-0.1, -0.05) is 11.8 Å². The van der Waals surface area contributed by atoms with Gasteiger partial charge in [0.05, 0.1) is 0 Å². The third-order valence-corrected chi connectivity index (χ3v) is 4.40. The summed E-state index contributed by atoms with van der Waals surface area (Å²) < 4.78 is 1.58. The van der Waals surface area contributed by atoms with E-state index in [0.717, 1.165) is 31.7 Å². The SMILES string of the molecule is O=C(NC1CCCNC1)c1cnc2n(c1=O)CCS2. The molecule has 6 nitrogen and oxygen atoms in total. The van der Waals surface area contributed by atoms with Crippen molar-refractivity contribution in [1.82, 2.24) is 20.2 Å². The summed E-state index contributed by atoms with van der Waals surface area (Å²) in [6.45, 7) is 2.39. The lowest BCUT2D eigenvalue weighted by atomic mass is 10.1. The normalized spacial score (nSPS) is 22.0. The molecule has 3 heterocycles. The number of aromatic nitrogens is 2. The van der Waals surface area contributed by atoms with E-state index < -0.39 is 0 Å². The molecular weight excluding hydrogens is 264 g/mol. The fraction of sp³-hybridized carbons (Fsp3) is 0.583. The lowest BCUT2D eigenvalue weighted by Crippen LogP contribution is -2.47. The first-order chi connectivity index (χ1) is 9.25. The second-order valence-corrected chi connectivity index (χ2v) is 5.84. The van der Waals surface area contributed by atoms with Crippen LogP contribution in [0.15, 0.2) is 16.1 Å². The molecule has 0 aromatic carbocycles. The highest BCUT2D eigenvalue weighted by Crippen LogP contribution is 2.20. The molecule has 0 saturated carbocycles. The molecule has 2 aliphatic rings. The van der Waals surface area contributed by atoms with E-state index in [2.05, 4.69) is 15.6 Å². The summed E-state index contributed by atoms with van der Waals surface area (Å²) in [5.41, 5.74) is -0.0758. The molecule has 7 heteroatoms. The highest BCUT2D eigenvalue weighted by molar-refractivity contribution is 7.99. The Kier molecular flexibility index (Phi) is 3.56. The van der Waals surface area contributed by atoms with Crippen LogP contribution in [0, 0.1) is 0 Å². The summed E-state index contributed by atoms with van der Waals surface area (Å²) >= 11 is 1.55. The molecule has 0 radical (unpaired) electrons. The molecule has 1 aromatic rings. The van der Waals surface area contributed by atoms with Gasteiger partial charge in [0, 0.05) is 31.1 Å². The molecule has 1 amide bonds. The van der Waals surface area contributed by atoms with Crippen molar-refractivity contribution in [2.75, 3.05) is 18.8 Å². The largest absolute Gasteiger partial charge is 0.348 e. The number of thioether (sulfide) groups is 1. The van der Waals surface area contributed by atoms with E-state index in [-0.39, 0.29) is 23.1 Å². The second-order valence-electron chi connectivity index (χ2n) is 4.78. The van der Waals surface area contributed by atoms with Crippen LogP contribution in [0.2, 0.25) is 0 Å². The Morgan fingerprint density at radius 3 is 3.26 bits per heavy atom. The smallest absolute Gasteiger partial charge is 0.267 e. The topological polar surface area (TPSA) is 76.0 Å². The fourth-order valence-electron chi connectivity index (χ4n) is 2.41. The average molecular weight is 280 g/mol. The van der Waals surface area contributed by atoms with Crippen LogP contribution in [0.4, 0.5) is 0 Å². The zero-order valence-corrected chi connectivity index (χ0v) is 11.3. The van der Waals surface area contributed by atoms with E-state index in [1.165, 1.54) is 6.20 Å². The Hall–Kier alpha value is -1.34. The number of rotatable bonds is 2. The Morgan fingerprint density at radius 2 is 2.47 bits per heavy atom. The number of carbonyl (C=O) groups excluding carboxylic acids is 1. The van der Waals surface area contributed by atoms with E-state index in [0.29, 0.717) is 11.7 Å². The van der Waals surface area contributed by atoms with Crippen LogP contribution in [-0.2, 0) is 6.54 Å². The third kappa shape index (κ3) is 2.52. The van der Waals surface area contributed by atoms with Crippen LogP contribution in [0.3, 0.4) is 0 Å². The minimum atomic E-state index is -0.307. The van der Waals surface area contributed by atoms with Gasteiger partial charge in [-0.05, 0) is 19.4 Å². The number of piperidine rings is 1. The molecule has 1 fully saturated rings. The van der Waals surface area contributed by atoms with Gasteiger partial charge in [0.1, 0.15) is 5.56 Å². The standard InChI is InChI=1S/C12H16N4O2S/c17-10(15-8-2-1-3-13-6-8)9-7-14-12-16(11(9)18)4-5-19-12/h7-8,13H,1-6H2,(H,15,17). The maximum atomic E-state index is 12.2. The van der Waals surface area contributed by atoms with Crippen LogP contribution in [0.1, 0.15) is 23.2 Å². The average Bonchev–Trinajstić information content (AvgIpc) is 2.89. The summed E-state index contributed by atoms with van der Waals surface area (Å²) in [6.07, 6.45) is 3.40. The van der Waals surface area contributed by atoms with E-state index in [9.17, 15) is 9.59 Å². The molecule has 102 valence electrons. The first-order valence-corrected chi connectivity index (χ1v) is 7.48. The van der Waals surface area contributed by atoms with E-state index in [1.54, 1.807) is 16.3 Å². The van der Waals surface area contributed by atoms with Crippen molar-refractivity contribution in [3.63, 3.8) is 0 Å². The zero-order chi connectivity index (χ0) is 13.2. The maximum Gasteiger partial charge on any atom is 0.267 e. The van der Waals surface area contributed by atoms with E-state index in [4.69, 9.17) is 0 Å². The molecule has 0 aliphatic carbocycles. The lowest BCUT2D eigenvalue weighted by Gasteiger charge is -2.23. The van der Waals surface area contributed by atoms with Crippen LogP contribution in [0.25, 0.3) is 0 Å². The first-order valence-electron chi connectivity index (χ1n) is 6.50. The summed E-state index contributed by atoms with van der Waals surface area (Å²) in [5, 5.41) is 6.85. The predicted octanol–water partition coefficient (Wildman–Crippen LogP) is -0.169. The molecule has 1 aromatic heterocycles. The van der Waals surface area contributed by atoms with Crippen LogP contribution in [-0.4, -0.2) is 40.3 Å². The fourth-order valence-corrected chi connectivity index (χ4v) is 3.33. The van der Waals surface area contributed by atoms with Gasteiger partial charge in [0.25, 0.3) is 11.5 Å². The summed E-state index contributed by atoms with van der Waals surface area (Å²) in [5.74, 6) is 0.540. The molecule has 1 saturated heterocycles. The van der Waals surface area contributed by atoms with Crippen LogP contribution < -0.4 is 16.2 Å². The van der Waals surface area contributed by atoms with Gasteiger partial charge >= 0.3 is 0 Å². The van der Waals surface area contributed by atoms with Gasteiger partial charge in [-0.2, -0.15) is 0 Å². The van der Waals surface area contributed by atoms with Gasteiger partial charge < -0.3 is 10.6 Å². The number of carbonyl (C=O) groups is 1. The summed E-state index contributed by atoms with van der Waals surface area (Å²) in [7, 11) is 0. The van der Waals surface area contributed by atoms with Crippen molar-refractivity contribution in [1.29, 1.82) is 0 Å². The van der Waals surface area contributed by atoms with Crippen molar-refractivity contribution < 1.29 is 4.79 Å². The quantitative estimate of drug-likeness (QED) is 0.736. The molecular formula is C12H16N4O2S. The first kappa shape index (κ1) is 12.7.